The van der Waals surface area contributed by atoms with E-state index in [0.717, 1.165) is 11.4 Å². The minimum Gasteiger partial charge on any atom is -0.477 e. The Hall–Kier alpha value is -2.02. The lowest BCUT2D eigenvalue weighted by molar-refractivity contribution is 0.0690. The van der Waals surface area contributed by atoms with E-state index in [1.54, 1.807) is 24.5 Å². The first-order valence-electron chi connectivity index (χ1n) is 5.85. The number of aromatic carboxylic acids is 1. The minimum absolute atomic E-state index is 0.0102. The molecule has 0 saturated heterocycles. The first kappa shape index (κ1) is 13.4. The molecule has 0 aliphatic carbocycles. The molecule has 7 heteroatoms. The number of carbonyl (C=O) groups is 1. The van der Waals surface area contributed by atoms with Gasteiger partial charge in [0.15, 0.2) is 5.69 Å². The van der Waals surface area contributed by atoms with E-state index in [9.17, 15) is 4.79 Å². The average Bonchev–Trinajstić information content (AvgIpc) is 2.89. The summed E-state index contributed by atoms with van der Waals surface area (Å²) in [4.78, 5) is 23.4. The Bertz CT molecular complexity index is 571. The highest BCUT2D eigenvalue weighted by molar-refractivity contribution is 7.09. The van der Waals surface area contributed by atoms with Crippen molar-refractivity contribution in [2.75, 3.05) is 5.32 Å². The van der Waals surface area contributed by atoms with Gasteiger partial charge in [-0.3, -0.25) is 0 Å². The Morgan fingerprint density at radius 2 is 2.32 bits per heavy atom. The molecule has 2 aromatic heterocycles. The van der Waals surface area contributed by atoms with Gasteiger partial charge in [-0.15, -0.1) is 11.3 Å². The second-order valence-electron chi connectivity index (χ2n) is 4.00. The standard InChI is InChI=1S/C12H14N4O2S/c1-3-8(10-13-4-5-19-10)15-12-14-7(2)6-9(16-12)11(17)18/h4-6,8H,3H2,1-2H3,(H,17,18)(H,14,15,16). The van der Waals surface area contributed by atoms with Gasteiger partial charge in [0.1, 0.15) is 5.01 Å². The van der Waals surface area contributed by atoms with E-state index >= 15 is 0 Å². The number of hydrogen-bond acceptors (Lipinski definition) is 6. The lowest BCUT2D eigenvalue weighted by atomic mass is 10.2. The molecule has 0 aromatic carbocycles. The molecular formula is C12H14N4O2S. The van der Waals surface area contributed by atoms with Crippen LogP contribution in [-0.4, -0.2) is 26.0 Å². The lowest BCUT2D eigenvalue weighted by Crippen LogP contribution is -2.14. The van der Waals surface area contributed by atoms with Crippen LogP contribution in [0.25, 0.3) is 0 Å². The van der Waals surface area contributed by atoms with E-state index in [2.05, 4.69) is 20.3 Å². The van der Waals surface area contributed by atoms with E-state index in [1.165, 1.54) is 6.07 Å². The van der Waals surface area contributed by atoms with Gasteiger partial charge in [-0.25, -0.2) is 19.7 Å². The van der Waals surface area contributed by atoms with Crippen LogP contribution in [0.4, 0.5) is 5.95 Å². The smallest absolute Gasteiger partial charge is 0.354 e. The van der Waals surface area contributed by atoms with Crippen LogP contribution >= 0.6 is 11.3 Å². The molecule has 2 N–H and O–H groups in total. The predicted molar refractivity (Wildman–Crippen MR) is 72.5 cm³/mol. The number of nitrogens with zero attached hydrogens (tertiary/aromatic N) is 3. The van der Waals surface area contributed by atoms with Gasteiger partial charge >= 0.3 is 5.97 Å². The number of carboxylic acids is 1. The van der Waals surface area contributed by atoms with Crippen molar-refractivity contribution in [3.05, 3.63) is 34.0 Å². The molecule has 0 radical (unpaired) electrons. The summed E-state index contributed by atoms with van der Waals surface area (Å²) in [5, 5.41) is 14.9. The maximum atomic E-state index is 11.0. The zero-order valence-electron chi connectivity index (χ0n) is 10.6. The molecule has 1 unspecified atom stereocenters. The Morgan fingerprint density at radius 3 is 2.89 bits per heavy atom. The highest BCUT2D eigenvalue weighted by atomic mass is 32.1. The largest absolute Gasteiger partial charge is 0.477 e. The van der Waals surface area contributed by atoms with Crippen molar-refractivity contribution in [2.24, 2.45) is 0 Å². The average molecular weight is 278 g/mol. The molecule has 0 aliphatic heterocycles. The van der Waals surface area contributed by atoms with Crippen molar-refractivity contribution in [1.82, 2.24) is 15.0 Å². The van der Waals surface area contributed by atoms with Gasteiger partial charge in [0.2, 0.25) is 5.95 Å². The molecule has 2 rings (SSSR count). The summed E-state index contributed by atoms with van der Waals surface area (Å²) in [7, 11) is 0. The fraction of sp³-hybridized carbons (Fsp3) is 0.333. The number of anilines is 1. The highest BCUT2D eigenvalue weighted by Crippen LogP contribution is 2.22. The van der Waals surface area contributed by atoms with Gasteiger partial charge in [0.05, 0.1) is 6.04 Å². The summed E-state index contributed by atoms with van der Waals surface area (Å²) in [6.07, 6.45) is 2.55. The van der Waals surface area contributed by atoms with Gasteiger partial charge in [0.25, 0.3) is 0 Å². The van der Waals surface area contributed by atoms with Crippen LogP contribution in [-0.2, 0) is 0 Å². The highest BCUT2D eigenvalue weighted by Gasteiger charge is 2.15. The maximum Gasteiger partial charge on any atom is 0.354 e. The number of hydrogen-bond donors (Lipinski definition) is 2. The molecule has 19 heavy (non-hydrogen) atoms. The predicted octanol–water partition coefficient (Wildman–Crippen LogP) is 2.50. The quantitative estimate of drug-likeness (QED) is 0.873. The maximum absolute atomic E-state index is 11.0. The number of rotatable bonds is 5. The van der Waals surface area contributed by atoms with Crippen LogP contribution < -0.4 is 5.32 Å². The van der Waals surface area contributed by atoms with E-state index in [4.69, 9.17) is 5.11 Å². The summed E-state index contributed by atoms with van der Waals surface area (Å²) in [5.74, 6) is -0.740. The molecule has 0 fully saturated rings. The SMILES string of the molecule is CCC(Nc1nc(C)cc(C(=O)O)n1)c1nccs1. The van der Waals surface area contributed by atoms with Crippen LogP contribution in [0, 0.1) is 6.92 Å². The summed E-state index contributed by atoms with van der Waals surface area (Å²) in [6, 6.07) is 1.43. The summed E-state index contributed by atoms with van der Waals surface area (Å²) in [5.41, 5.74) is 0.605. The fourth-order valence-electron chi connectivity index (χ4n) is 1.64. The van der Waals surface area contributed by atoms with Gasteiger partial charge in [-0.05, 0) is 19.4 Å². The number of nitrogens with one attached hydrogen (secondary N) is 1. The van der Waals surface area contributed by atoms with Gasteiger partial charge in [-0.2, -0.15) is 0 Å². The molecule has 0 aliphatic rings. The van der Waals surface area contributed by atoms with Gasteiger partial charge in [-0.1, -0.05) is 6.92 Å². The van der Waals surface area contributed by atoms with E-state index in [-0.39, 0.29) is 11.7 Å². The summed E-state index contributed by atoms with van der Waals surface area (Å²) >= 11 is 1.54. The first-order valence-corrected chi connectivity index (χ1v) is 6.73. The Balaban J connectivity index is 2.24. The van der Waals surface area contributed by atoms with Crippen molar-refractivity contribution in [2.45, 2.75) is 26.3 Å². The number of thiazole rings is 1. The van der Waals surface area contributed by atoms with Crippen molar-refractivity contribution in [3.8, 4) is 0 Å². The van der Waals surface area contributed by atoms with E-state index < -0.39 is 5.97 Å². The molecule has 100 valence electrons. The zero-order chi connectivity index (χ0) is 13.8. The lowest BCUT2D eigenvalue weighted by Gasteiger charge is -2.14. The third-order valence-corrected chi connectivity index (χ3v) is 3.42. The second-order valence-corrected chi connectivity index (χ2v) is 4.92. The molecule has 0 saturated carbocycles. The molecule has 0 bridgehead atoms. The van der Waals surface area contributed by atoms with Crippen LogP contribution in [0.3, 0.4) is 0 Å². The third-order valence-electron chi connectivity index (χ3n) is 2.53. The molecule has 2 aromatic rings. The summed E-state index contributed by atoms with van der Waals surface area (Å²) in [6.45, 7) is 3.76. The Kier molecular flexibility index (Phi) is 4.06. The molecule has 2 heterocycles. The zero-order valence-corrected chi connectivity index (χ0v) is 11.4. The van der Waals surface area contributed by atoms with Crippen molar-refractivity contribution in [3.63, 3.8) is 0 Å². The van der Waals surface area contributed by atoms with Crippen LogP contribution in [0.15, 0.2) is 17.6 Å². The van der Waals surface area contributed by atoms with Gasteiger partial charge in [0, 0.05) is 17.3 Å². The number of aromatic nitrogens is 3. The second kappa shape index (κ2) is 5.75. The Morgan fingerprint density at radius 1 is 1.53 bits per heavy atom. The summed E-state index contributed by atoms with van der Waals surface area (Å²) < 4.78 is 0. The van der Waals surface area contributed by atoms with E-state index in [0.29, 0.717) is 11.6 Å². The monoisotopic (exact) mass is 278 g/mol. The topological polar surface area (TPSA) is 88.0 Å². The minimum atomic E-state index is -1.06. The molecule has 0 amide bonds. The molecule has 1 atom stereocenters. The van der Waals surface area contributed by atoms with Gasteiger partial charge < -0.3 is 10.4 Å². The van der Waals surface area contributed by atoms with Crippen molar-refractivity contribution in [1.29, 1.82) is 0 Å². The van der Waals surface area contributed by atoms with Crippen LogP contribution in [0.5, 0.6) is 0 Å². The fourth-order valence-corrected chi connectivity index (χ4v) is 2.42. The third kappa shape index (κ3) is 3.25. The van der Waals surface area contributed by atoms with Crippen LogP contribution in [0.2, 0.25) is 0 Å². The number of carboxylic acid groups (broad SMARTS) is 1. The van der Waals surface area contributed by atoms with Crippen LogP contribution in [0.1, 0.15) is 40.6 Å². The molecule has 6 nitrogen and oxygen atoms in total. The molecule has 0 spiro atoms. The Labute approximate surface area is 114 Å². The first-order chi connectivity index (χ1) is 9.10. The number of aryl methyl sites for hydroxylation is 1. The van der Waals surface area contributed by atoms with Crippen molar-refractivity contribution < 1.29 is 9.90 Å². The molecular weight excluding hydrogens is 264 g/mol. The van der Waals surface area contributed by atoms with E-state index in [1.807, 2.05) is 12.3 Å². The normalized spacial score (nSPS) is 12.1. The van der Waals surface area contributed by atoms with Crippen molar-refractivity contribution >= 4 is 23.3 Å².